The van der Waals surface area contributed by atoms with E-state index in [9.17, 15) is 24.9 Å². The van der Waals surface area contributed by atoms with Gasteiger partial charge in [0, 0.05) is 18.7 Å². The van der Waals surface area contributed by atoms with E-state index in [-0.39, 0.29) is 12.6 Å². The van der Waals surface area contributed by atoms with Crippen molar-refractivity contribution < 1.29 is 34.4 Å². The van der Waals surface area contributed by atoms with Crippen LogP contribution in [0.4, 0.5) is 0 Å². The lowest BCUT2D eigenvalue weighted by molar-refractivity contribution is -0.213. The maximum absolute atomic E-state index is 12.6. The number of aliphatic hydroxyl groups excluding tert-OH is 1. The Labute approximate surface area is 171 Å². The number of allylic oxidation sites excluding steroid dienone is 1. The molecule has 0 unspecified atom stereocenters. The fourth-order valence-electron chi connectivity index (χ4n) is 4.01. The normalized spacial score (nSPS) is 28.4. The topological polar surface area (TPSA) is 117 Å². The Kier molecular flexibility index (Phi) is 6.64. The van der Waals surface area contributed by atoms with Gasteiger partial charge in [0.05, 0.1) is 11.6 Å². The number of fused-ring (bicyclic) bond motifs is 1. The second-order valence-corrected chi connectivity index (χ2v) is 8.55. The number of aliphatic hydroxyl groups is 3. The van der Waals surface area contributed by atoms with Crippen molar-refractivity contribution in [3.63, 3.8) is 0 Å². The van der Waals surface area contributed by atoms with Crippen molar-refractivity contribution in [2.75, 3.05) is 19.7 Å². The minimum Gasteiger partial charge on any atom is -0.459 e. The van der Waals surface area contributed by atoms with Gasteiger partial charge >= 0.3 is 11.9 Å². The molecule has 2 rings (SSSR count). The zero-order chi connectivity index (χ0) is 22.2. The summed E-state index contributed by atoms with van der Waals surface area (Å²) in [6.45, 7) is 10.3. The molecule has 0 amide bonds. The molecule has 0 bridgehead atoms. The third-order valence-corrected chi connectivity index (χ3v) is 6.36. The lowest BCUT2D eigenvalue weighted by Gasteiger charge is -2.39. The van der Waals surface area contributed by atoms with Crippen LogP contribution < -0.4 is 0 Å². The highest BCUT2D eigenvalue weighted by molar-refractivity contribution is 5.87. The summed E-state index contributed by atoms with van der Waals surface area (Å²) in [5, 5.41) is 30.7. The molecule has 164 valence electrons. The van der Waals surface area contributed by atoms with Gasteiger partial charge in [0.15, 0.2) is 0 Å². The molecular weight excluding hydrogens is 378 g/mol. The quantitative estimate of drug-likeness (QED) is 0.318. The molecule has 0 aliphatic carbocycles. The van der Waals surface area contributed by atoms with E-state index in [0.717, 1.165) is 12.1 Å². The molecule has 0 aromatic carbocycles. The average molecular weight is 411 g/mol. The molecule has 2 heterocycles. The SMILES string of the molecule is C/C=C(/C)C(=O)O[C@@H]1CCN2CC=C(COC(=O)[C@@](O)([C@H](C)O)C(C)(C)O)[C@]12C. The first-order valence-electron chi connectivity index (χ1n) is 9.88. The van der Waals surface area contributed by atoms with Gasteiger partial charge < -0.3 is 24.8 Å². The first kappa shape index (κ1) is 23.5. The molecule has 29 heavy (non-hydrogen) atoms. The molecule has 8 nitrogen and oxygen atoms in total. The van der Waals surface area contributed by atoms with Crippen molar-refractivity contribution in [2.24, 2.45) is 0 Å². The summed E-state index contributed by atoms with van der Waals surface area (Å²) in [4.78, 5) is 27.0. The van der Waals surface area contributed by atoms with E-state index in [4.69, 9.17) is 9.47 Å². The number of hydrogen-bond acceptors (Lipinski definition) is 8. The molecule has 1 fully saturated rings. The fourth-order valence-corrected chi connectivity index (χ4v) is 4.01. The second kappa shape index (κ2) is 8.18. The molecule has 0 spiro atoms. The molecule has 8 heteroatoms. The van der Waals surface area contributed by atoms with E-state index in [0.29, 0.717) is 18.5 Å². The van der Waals surface area contributed by atoms with E-state index in [2.05, 4.69) is 4.90 Å². The zero-order valence-electron chi connectivity index (χ0n) is 18.1. The summed E-state index contributed by atoms with van der Waals surface area (Å²) in [6, 6.07) is 0. The van der Waals surface area contributed by atoms with Crippen LogP contribution >= 0.6 is 0 Å². The van der Waals surface area contributed by atoms with Crippen LogP contribution in [0.5, 0.6) is 0 Å². The predicted molar refractivity (Wildman–Crippen MR) is 106 cm³/mol. The Morgan fingerprint density at radius 1 is 1.41 bits per heavy atom. The van der Waals surface area contributed by atoms with Gasteiger partial charge in [-0.2, -0.15) is 0 Å². The summed E-state index contributed by atoms with van der Waals surface area (Å²) >= 11 is 0. The van der Waals surface area contributed by atoms with Gasteiger partial charge in [-0.1, -0.05) is 12.2 Å². The van der Waals surface area contributed by atoms with Crippen LogP contribution in [0.2, 0.25) is 0 Å². The van der Waals surface area contributed by atoms with E-state index < -0.39 is 34.9 Å². The van der Waals surface area contributed by atoms with Crippen molar-refractivity contribution in [2.45, 2.75) is 76.9 Å². The van der Waals surface area contributed by atoms with Crippen molar-refractivity contribution in [3.8, 4) is 0 Å². The minimum absolute atomic E-state index is 0.145. The number of ether oxygens (including phenoxy) is 2. The third kappa shape index (κ3) is 3.99. The monoisotopic (exact) mass is 411 g/mol. The highest BCUT2D eigenvalue weighted by atomic mass is 16.6. The molecule has 3 N–H and O–H groups in total. The molecule has 0 radical (unpaired) electrons. The Balaban J connectivity index is 2.15. The maximum Gasteiger partial charge on any atom is 0.344 e. The Bertz CT molecular complexity index is 721. The maximum atomic E-state index is 12.6. The smallest absolute Gasteiger partial charge is 0.344 e. The number of rotatable bonds is 7. The van der Waals surface area contributed by atoms with Crippen molar-refractivity contribution in [1.82, 2.24) is 4.90 Å². The summed E-state index contributed by atoms with van der Waals surface area (Å²) in [5.41, 5.74) is -3.73. The number of carbonyl (C=O) groups is 2. The van der Waals surface area contributed by atoms with Gasteiger partial charge in [-0.3, -0.25) is 4.90 Å². The molecule has 0 saturated carbocycles. The minimum atomic E-state index is -2.47. The van der Waals surface area contributed by atoms with Crippen LogP contribution in [0, 0.1) is 0 Å². The largest absolute Gasteiger partial charge is 0.459 e. The van der Waals surface area contributed by atoms with E-state index in [1.165, 1.54) is 20.8 Å². The fraction of sp³-hybridized carbons (Fsp3) is 0.714. The zero-order valence-corrected chi connectivity index (χ0v) is 18.1. The molecule has 0 aromatic heterocycles. The molecule has 1 saturated heterocycles. The number of hydrogen-bond donors (Lipinski definition) is 3. The van der Waals surface area contributed by atoms with Crippen molar-refractivity contribution in [1.29, 1.82) is 0 Å². The summed E-state index contributed by atoms with van der Waals surface area (Å²) in [5.74, 6) is -1.49. The summed E-state index contributed by atoms with van der Waals surface area (Å²) < 4.78 is 11.0. The standard InChI is InChI=1S/C21H33NO7/c1-7-13(2)17(24)29-16-9-11-22-10-8-15(20(16,22)6)12-28-18(25)21(27,14(3)23)19(4,5)26/h7-8,14,16,23,26-27H,9-12H2,1-6H3/b13-7-/t14-,16+,20+,21-/m0/s1. The van der Waals surface area contributed by atoms with Crippen LogP contribution in [0.1, 0.15) is 48.0 Å². The van der Waals surface area contributed by atoms with Gasteiger partial charge in [-0.05, 0) is 53.5 Å². The number of esters is 2. The second-order valence-electron chi connectivity index (χ2n) is 8.55. The van der Waals surface area contributed by atoms with Gasteiger partial charge in [-0.25, -0.2) is 9.59 Å². The average Bonchev–Trinajstić information content (AvgIpc) is 3.12. The highest BCUT2D eigenvalue weighted by Gasteiger charge is 2.56. The van der Waals surface area contributed by atoms with Crippen molar-refractivity contribution in [3.05, 3.63) is 23.3 Å². The van der Waals surface area contributed by atoms with E-state index in [1.54, 1.807) is 19.9 Å². The number of nitrogens with zero attached hydrogens (tertiary/aromatic N) is 1. The molecule has 4 atom stereocenters. The first-order chi connectivity index (χ1) is 13.3. The van der Waals surface area contributed by atoms with Gasteiger partial charge in [-0.15, -0.1) is 0 Å². The van der Waals surface area contributed by atoms with Crippen LogP contribution in [0.3, 0.4) is 0 Å². The lowest BCUT2D eigenvalue weighted by atomic mass is 9.81. The van der Waals surface area contributed by atoms with E-state index in [1.807, 2.05) is 13.0 Å². The van der Waals surface area contributed by atoms with Gasteiger partial charge in [0.2, 0.25) is 5.60 Å². The van der Waals surface area contributed by atoms with Crippen molar-refractivity contribution >= 4 is 11.9 Å². The predicted octanol–water partition coefficient (Wildman–Crippen LogP) is 0.695. The summed E-state index contributed by atoms with van der Waals surface area (Å²) in [7, 11) is 0. The Morgan fingerprint density at radius 3 is 2.55 bits per heavy atom. The molecule has 2 aliphatic heterocycles. The molecular formula is C21H33NO7. The van der Waals surface area contributed by atoms with E-state index >= 15 is 0 Å². The van der Waals surface area contributed by atoms with Crippen LogP contribution in [0.15, 0.2) is 23.3 Å². The highest BCUT2D eigenvalue weighted by Crippen LogP contribution is 2.42. The van der Waals surface area contributed by atoms with Crippen LogP contribution in [-0.4, -0.2) is 80.8 Å². The molecule has 0 aromatic rings. The summed E-state index contributed by atoms with van der Waals surface area (Å²) in [6.07, 6.45) is 2.33. The first-order valence-corrected chi connectivity index (χ1v) is 9.88. The number of carbonyl (C=O) groups excluding carboxylic acids is 2. The van der Waals surface area contributed by atoms with Gasteiger partial charge in [0.1, 0.15) is 18.3 Å². The Morgan fingerprint density at radius 2 is 2.03 bits per heavy atom. The Hall–Kier alpha value is -1.74. The third-order valence-electron chi connectivity index (χ3n) is 6.36. The lowest BCUT2D eigenvalue weighted by Crippen LogP contribution is -2.63. The van der Waals surface area contributed by atoms with Crippen LogP contribution in [-0.2, 0) is 19.1 Å². The van der Waals surface area contributed by atoms with Gasteiger partial charge in [0.25, 0.3) is 0 Å². The molecule has 2 aliphatic rings. The van der Waals surface area contributed by atoms with Crippen LogP contribution in [0.25, 0.3) is 0 Å².